The van der Waals surface area contributed by atoms with Crippen molar-refractivity contribution < 1.29 is 23.8 Å². The van der Waals surface area contributed by atoms with Gasteiger partial charge >= 0.3 is 5.97 Å². The number of methoxy groups -OCH3 is 3. The van der Waals surface area contributed by atoms with Gasteiger partial charge in [0.05, 0.1) is 21.3 Å². The van der Waals surface area contributed by atoms with Gasteiger partial charge in [-0.2, -0.15) is 0 Å². The van der Waals surface area contributed by atoms with Crippen LogP contribution in [0, 0.1) is 0 Å². The summed E-state index contributed by atoms with van der Waals surface area (Å²) >= 11 is 0. The van der Waals surface area contributed by atoms with Gasteiger partial charge < -0.3 is 24.4 Å². The normalized spacial score (nSPS) is 11.3. The number of hydrogen-bond acceptors (Lipinski definition) is 8. The van der Waals surface area contributed by atoms with Gasteiger partial charge in [-0.05, 0) is 41.0 Å². The van der Waals surface area contributed by atoms with Crippen LogP contribution in [0.1, 0.15) is 23.6 Å². The van der Waals surface area contributed by atoms with Crippen LogP contribution in [-0.2, 0) is 33.8 Å². The van der Waals surface area contributed by atoms with Crippen LogP contribution in [0.4, 0.5) is 5.95 Å². The molecule has 0 fully saturated rings. The van der Waals surface area contributed by atoms with E-state index in [9.17, 15) is 9.59 Å². The molecule has 9 nitrogen and oxygen atoms in total. The fraction of sp³-hybridized carbons (Fsp3) is 0.308. The minimum absolute atomic E-state index is 0.226. The SMILES string of the molecule is COC(=O)C(Cc1cnc(N(Cc2ccc(OC)cc2)Cc2ccc(OC)cc2)nc1)NC(C)=O. The van der Waals surface area contributed by atoms with Crippen LogP contribution in [0.15, 0.2) is 60.9 Å². The number of nitrogens with zero attached hydrogens (tertiary/aromatic N) is 3. The van der Waals surface area contributed by atoms with Gasteiger partial charge in [0.15, 0.2) is 0 Å². The number of rotatable bonds is 11. The third kappa shape index (κ3) is 7.43. The molecule has 1 amide bonds. The van der Waals surface area contributed by atoms with Crippen molar-refractivity contribution >= 4 is 17.8 Å². The molecular weight excluding hydrogens is 448 g/mol. The average Bonchev–Trinajstić information content (AvgIpc) is 2.88. The molecule has 1 aromatic heterocycles. The predicted octanol–water partition coefficient (Wildman–Crippen LogP) is 2.92. The minimum atomic E-state index is -0.804. The number of carbonyl (C=O) groups excluding carboxylic acids is 2. The van der Waals surface area contributed by atoms with E-state index in [1.165, 1.54) is 14.0 Å². The number of nitrogens with one attached hydrogen (secondary N) is 1. The van der Waals surface area contributed by atoms with Gasteiger partial charge in [0, 0.05) is 38.8 Å². The van der Waals surface area contributed by atoms with Crippen molar-refractivity contribution in [1.29, 1.82) is 0 Å². The maximum absolute atomic E-state index is 12.0. The van der Waals surface area contributed by atoms with Crippen molar-refractivity contribution in [2.75, 3.05) is 26.2 Å². The highest BCUT2D eigenvalue weighted by Gasteiger charge is 2.21. The Bertz CT molecular complexity index is 1050. The van der Waals surface area contributed by atoms with Crippen molar-refractivity contribution in [3.05, 3.63) is 77.6 Å². The molecule has 1 heterocycles. The second-order valence-corrected chi connectivity index (χ2v) is 7.92. The molecule has 0 radical (unpaired) electrons. The maximum atomic E-state index is 12.0. The van der Waals surface area contributed by atoms with Crippen molar-refractivity contribution in [1.82, 2.24) is 15.3 Å². The Morgan fingerprint density at radius 3 is 1.71 bits per heavy atom. The minimum Gasteiger partial charge on any atom is -0.497 e. The molecule has 184 valence electrons. The number of anilines is 1. The number of ether oxygens (including phenoxy) is 3. The first-order chi connectivity index (χ1) is 16.9. The van der Waals surface area contributed by atoms with E-state index in [1.54, 1.807) is 26.6 Å². The van der Waals surface area contributed by atoms with E-state index in [1.807, 2.05) is 48.5 Å². The Hall–Kier alpha value is -4.14. The van der Waals surface area contributed by atoms with E-state index >= 15 is 0 Å². The molecule has 3 rings (SSSR count). The van der Waals surface area contributed by atoms with Gasteiger partial charge in [-0.25, -0.2) is 14.8 Å². The number of esters is 1. The maximum Gasteiger partial charge on any atom is 0.328 e. The van der Waals surface area contributed by atoms with Crippen molar-refractivity contribution in [2.24, 2.45) is 0 Å². The smallest absolute Gasteiger partial charge is 0.328 e. The Kier molecular flexibility index (Phi) is 9.00. The van der Waals surface area contributed by atoms with Gasteiger partial charge in [-0.1, -0.05) is 24.3 Å². The lowest BCUT2D eigenvalue weighted by Gasteiger charge is -2.23. The molecule has 0 spiro atoms. The lowest BCUT2D eigenvalue weighted by atomic mass is 10.1. The molecule has 1 atom stereocenters. The van der Waals surface area contributed by atoms with Gasteiger partial charge in [-0.3, -0.25) is 4.79 Å². The zero-order chi connectivity index (χ0) is 25.2. The van der Waals surface area contributed by atoms with E-state index in [2.05, 4.69) is 20.2 Å². The summed E-state index contributed by atoms with van der Waals surface area (Å²) in [5, 5.41) is 2.60. The number of amides is 1. The molecule has 0 aliphatic rings. The average molecular weight is 479 g/mol. The molecule has 3 aromatic rings. The summed E-state index contributed by atoms with van der Waals surface area (Å²) in [5.74, 6) is 1.27. The van der Waals surface area contributed by atoms with E-state index < -0.39 is 12.0 Å². The molecule has 35 heavy (non-hydrogen) atoms. The first-order valence-corrected chi connectivity index (χ1v) is 11.1. The highest BCUT2D eigenvalue weighted by Crippen LogP contribution is 2.20. The molecule has 2 aromatic carbocycles. The molecule has 1 N–H and O–H groups in total. The predicted molar refractivity (Wildman–Crippen MR) is 131 cm³/mol. The molecule has 9 heteroatoms. The molecule has 0 bridgehead atoms. The van der Waals surface area contributed by atoms with E-state index in [0.29, 0.717) is 24.6 Å². The Labute approximate surface area is 205 Å². The summed E-state index contributed by atoms with van der Waals surface area (Å²) in [4.78, 5) is 34.7. The monoisotopic (exact) mass is 478 g/mol. The van der Waals surface area contributed by atoms with E-state index in [4.69, 9.17) is 14.2 Å². The summed E-state index contributed by atoms with van der Waals surface area (Å²) < 4.78 is 15.3. The van der Waals surface area contributed by atoms with Gasteiger partial charge in [0.25, 0.3) is 0 Å². The lowest BCUT2D eigenvalue weighted by molar-refractivity contribution is -0.144. The molecule has 1 unspecified atom stereocenters. The fourth-order valence-corrected chi connectivity index (χ4v) is 3.53. The molecule has 0 aliphatic carbocycles. The molecular formula is C26H30N4O5. The van der Waals surface area contributed by atoms with Gasteiger partial charge in [-0.15, -0.1) is 0 Å². The standard InChI is InChI=1S/C26H30N4O5/c1-18(31)29-24(25(32)35-4)13-21-14-27-26(28-15-21)30(16-19-5-9-22(33-2)10-6-19)17-20-7-11-23(34-3)12-8-20/h5-12,14-15,24H,13,16-17H2,1-4H3,(H,29,31). The first-order valence-electron chi connectivity index (χ1n) is 11.1. The van der Waals surface area contributed by atoms with Crippen LogP contribution in [0.25, 0.3) is 0 Å². The number of hydrogen-bond donors (Lipinski definition) is 1. The Morgan fingerprint density at radius 1 is 0.829 bits per heavy atom. The van der Waals surface area contributed by atoms with Crippen LogP contribution in [0.5, 0.6) is 11.5 Å². The van der Waals surface area contributed by atoms with Crippen LogP contribution >= 0.6 is 0 Å². The highest BCUT2D eigenvalue weighted by atomic mass is 16.5. The lowest BCUT2D eigenvalue weighted by Crippen LogP contribution is -2.42. The van der Waals surface area contributed by atoms with Crippen molar-refractivity contribution in [2.45, 2.75) is 32.5 Å². The third-order valence-corrected chi connectivity index (χ3v) is 5.34. The first kappa shape index (κ1) is 25.5. The van der Waals surface area contributed by atoms with Crippen LogP contribution in [0.3, 0.4) is 0 Å². The Morgan fingerprint density at radius 2 is 1.31 bits per heavy atom. The Balaban J connectivity index is 1.82. The van der Waals surface area contributed by atoms with Crippen LogP contribution < -0.4 is 19.7 Å². The topological polar surface area (TPSA) is 103 Å². The quantitative estimate of drug-likeness (QED) is 0.420. The third-order valence-electron chi connectivity index (χ3n) is 5.34. The number of aromatic nitrogens is 2. The van der Waals surface area contributed by atoms with Crippen molar-refractivity contribution in [3.63, 3.8) is 0 Å². The molecule has 0 aliphatic heterocycles. The zero-order valence-electron chi connectivity index (χ0n) is 20.4. The fourth-order valence-electron chi connectivity index (χ4n) is 3.53. The largest absolute Gasteiger partial charge is 0.497 e. The highest BCUT2D eigenvalue weighted by molar-refractivity contribution is 5.83. The van der Waals surface area contributed by atoms with Crippen LogP contribution in [-0.4, -0.2) is 49.2 Å². The summed E-state index contributed by atoms with van der Waals surface area (Å²) in [6.45, 7) is 2.50. The van der Waals surface area contributed by atoms with E-state index in [0.717, 1.165) is 22.6 Å². The number of benzene rings is 2. The molecule has 0 saturated carbocycles. The summed E-state index contributed by atoms with van der Waals surface area (Å²) in [5.41, 5.74) is 2.85. The van der Waals surface area contributed by atoms with Crippen LogP contribution in [0.2, 0.25) is 0 Å². The van der Waals surface area contributed by atoms with Gasteiger partial charge in [0.1, 0.15) is 17.5 Å². The summed E-state index contributed by atoms with van der Waals surface area (Å²) in [7, 11) is 4.56. The molecule has 0 saturated heterocycles. The van der Waals surface area contributed by atoms with Crippen molar-refractivity contribution in [3.8, 4) is 11.5 Å². The number of carbonyl (C=O) groups is 2. The summed E-state index contributed by atoms with van der Waals surface area (Å²) in [6.07, 6.45) is 3.55. The van der Waals surface area contributed by atoms with E-state index in [-0.39, 0.29) is 12.3 Å². The summed E-state index contributed by atoms with van der Waals surface area (Å²) in [6, 6.07) is 14.9. The van der Waals surface area contributed by atoms with Gasteiger partial charge in [0.2, 0.25) is 11.9 Å². The second kappa shape index (κ2) is 12.4. The zero-order valence-corrected chi connectivity index (χ0v) is 20.4. The second-order valence-electron chi connectivity index (χ2n) is 7.92.